The van der Waals surface area contributed by atoms with E-state index in [9.17, 15) is 0 Å². The van der Waals surface area contributed by atoms with E-state index in [-0.39, 0.29) is 0 Å². The Kier molecular flexibility index (Phi) is 6.75. The molecule has 2 rings (SSSR count). The third-order valence-electron chi connectivity index (χ3n) is 5.05. The predicted octanol–water partition coefficient (Wildman–Crippen LogP) is 4.15. The van der Waals surface area contributed by atoms with Crippen LogP contribution in [-0.4, -0.2) is 42.1 Å². The maximum absolute atomic E-state index is 4.59. The normalized spacial score (nSPS) is 28.1. The summed E-state index contributed by atoms with van der Waals surface area (Å²) >= 11 is 0. The van der Waals surface area contributed by atoms with E-state index < -0.39 is 0 Å². The molecule has 0 heterocycles. The summed E-state index contributed by atoms with van der Waals surface area (Å²) in [7, 11) is 0. The van der Waals surface area contributed by atoms with Crippen molar-refractivity contribution in [2.75, 3.05) is 13.1 Å². The van der Waals surface area contributed by atoms with Gasteiger partial charge in [0.15, 0.2) is 0 Å². The van der Waals surface area contributed by atoms with Crippen LogP contribution in [0.5, 0.6) is 0 Å². The van der Waals surface area contributed by atoms with Gasteiger partial charge in [0.25, 0.3) is 0 Å². The van der Waals surface area contributed by atoms with Crippen molar-refractivity contribution in [1.29, 1.82) is 0 Å². The van der Waals surface area contributed by atoms with E-state index >= 15 is 0 Å². The van der Waals surface area contributed by atoms with Gasteiger partial charge in [0.05, 0.1) is 18.1 Å². The second kappa shape index (κ2) is 8.59. The molecule has 0 aromatic rings. The Balaban J connectivity index is 1.74. The molecule has 0 atom stereocenters. The first-order valence-electron chi connectivity index (χ1n) is 8.72. The largest absolute Gasteiger partial charge is 0.301 e. The van der Waals surface area contributed by atoms with Crippen molar-refractivity contribution in [2.45, 2.75) is 89.8 Å². The second-order valence-electron chi connectivity index (χ2n) is 6.33. The number of nitrogens with zero attached hydrogens (tertiary/aromatic N) is 3. The Morgan fingerprint density at radius 3 is 1.90 bits per heavy atom. The summed E-state index contributed by atoms with van der Waals surface area (Å²) in [6.07, 6.45) is 11.6. The van der Waals surface area contributed by atoms with Crippen molar-refractivity contribution in [1.82, 2.24) is 4.90 Å². The molecule has 0 aromatic heterocycles. The summed E-state index contributed by atoms with van der Waals surface area (Å²) in [5.74, 6) is 0. The average molecular weight is 277 g/mol. The van der Waals surface area contributed by atoms with Crippen LogP contribution >= 0.6 is 0 Å². The lowest BCUT2D eigenvalue weighted by Gasteiger charge is -2.34. The zero-order valence-corrected chi connectivity index (χ0v) is 13.4. The summed E-state index contributed by atoms with van der Waals surface area (Å²) in [4.78, 5) is 11.7. The maximum atomic E-state index is 4.59. The monoisotopic (exact) mass is 277 g/mol. The Morgan fingerprint density at radius 1 is 0.800 bits per heavy atom. The van der Waals surface area contributed by atoms with E-state index in [1.807, 2.05) is 0 Å². The van der Waals surface area contributed by atoms with Gasteiger partial charge in [0, 0.05) is 6.04 Å². The predicted molar refractivity (Wildman–Crippen MR) is 85.7 cm³/mol. The van der Waals surface area contributed by atoms with E-state index in [1.165, 1.54) is 70.9 Å². The first kappa shape index (κ1) is 15.7. The average Bonchev–Trinajstić information content (AvgIpc) is 2.51. The molecule has 114 valence electrons. The first-order chi connectivity index (χ1) is 9.83. The third-order valence-corrected chi connectivity index (χ3v) is 5.05. The van der Waals surface area contributed by atoms with Crippen molar-refractivity contribution in [3.05, 3.63) is 0 Å². The summed E-state index contributed by atoms with van der Waals surface area (Å²) < 4.78 is 0. The minimum absolute atomic E-state index is 0.481. The number of rotatable bonds is 5. The second-order valence-corrected chi connectivity index (χ2v) is 6.33. The molecule has 0 spiro atoms. The molecule has 2 fully saturated rings. The Morgan fingerprint density at radius 2 is 1.35 bits per heavy atom. The SMILES string of the molecule is CCN(CC)C1CCC(N=C=NC2CCCCC2)CC1. The van der Waals surface area contributed by atoms with Gasteiger partial charge in [-0.25, -0.2) is 9.98 Å². The van der Waals surface area contributed by atoms with E-state index in [2.05, 4.69) is 34.7 Å². The molecule has 2 saturated carbocycles. The van der Waals surface area contributed by atoms with Crippen LogP contribution in [0.1, 0.15) is 71.6 Å². The molecule has 20 heavy (non-hydrogen) atoms. The highest BCUT2D eigenvalue weighted by atomic mass is 15.1. The molecule has 0 radical (unpaired) electrons. The van der Waals surface area contributed by atoms with Crippen LogP contribution in [0.15, 0.2) is 9.98 Å². The minimum Gasteiger partial charge on any atom is -0.301 e. The van der Waals surface area contributed by atoms with E-state index in [1.54, 1.807) is 0 Å². The van der Waals surface area contributed by atoms with Crippen LogP contribution in [-0.2, 0) is 0 Å². The molecule has 3 nitrogen and oxygen atoms in total. The Hall–Kier alpha value is -0.660. The van der Waals surface area contributed by atoms with E-state index in [0.29, 0.717) is 12.1 Å². The van der Waals surface area contributed by atoms with Gasteiger partial charge in [0.1, 0.15) is 0 Å². The third kappa shape index (κ3) is 4.71. The minimum atomic E-state index is 0.481. The van der Waals surface area contributed by atoms with Gasteiger partial charge in [-0.3, -0.25) is 0 Å². The molecule has 0 aliphatic heterocycles. The zero-order chi connectivity index (χ0) is 14.2. The van der Waals surface area contributed by atoms with Crippen LogP contribution in [0.25, 0.3) is 0 Å². The fraction of sp³-hybridized carbons (Fsp3) is 0.941. The maximum Gasteiger partial charge on any atom is 0.0898 e. The van der Waals surface area contributed by atoms with Crippen LogP contribution in [0, 0.1) is 0 Å². The highest BCUT2D eigenvalue weighted by Crippen LogP contribution is 2.25. The van der Waals surface area contributed by atoms with Crippen molar-refractivity contribution in [3.63, 3.8) is 0 Å². The summed E-state index contributed by atoms with van der Waals surface area (Å²) in [5, 5.41) is 0. The van der Waals surface area contributed by atoms with Crippen LogP contribution in [0.4, 0.5) is 0 Å². The summed E-state index contributed by atoms with van der Waals surface area (Å²) in [6.45, 7) is 6.89. The number of hydrogen-bond acceptors (Lipinski definition) is 3. The van der Waals surface area contributed by atoms with Crippen molar-refractivity contribution in [3.8, 4) is 0 Å². The molecule has 0 bridgehead atoms. The van der Waals surface area contributed by atoms with Crippen molar-refractivity contribution in [2.24, 2.45) is 9.98 Å². The lowest BCUT2D eigenvalue weighted by Crippen LogP contribution is -2.38. The van der Waals surface area contributed by atoms with E-state index in [0.717, 1.165) is 6.04 Å². The zero-order valence-electron chi connectivity index (χ0n) is 13.4. The van der Waals surface area contributed by atoms with Gasteiger partial charge in [0.2, 0.25) is 0 Å². The molecule has 0 amide bonds. The lowest BCUT2D eigenvalue weighted by molar-refractivity contribution is 0.165. The first-order valence-corrected chi connectivity index (χ1v) is 8.72. The molecule has 3 heteroatoms. The summed E-state index contributed by atoms with van der Waals surface area (Å²) in [6, 6.07) is 4.81. The van der Waals surface area contributed by atoms with E-state index in [4.69, 9.17) is 0 Å². The van der Waals surface area contributed by atoms with Crippen LogP contribution in [0.3, 0.4) is 0 Å². The number of hydrogen-bond donors (Lipinski definition) is 0. The molecule has 0 unspecified atom stereocenters. The topological polar surface area (TPSA) is 28.0 Å². The fourth-order valence-corrected chi connectivity index (χ4v) is 3.70. The van der Waals surface area contributed by atoms with Gasteiger partial charge in [-0.2, -0.15) is 0 Å². The molecule has 0 saturated heterocycles. The molecule has 2 aliphatic carbocycles. The van der Waals surface area contributed by atoms with Crippen LogP contribution < -0.4 is 0 Å². The van der Waals surface area contributed by atoms with Crippen molar-refractivity contribution < 1.29 is 0 Å². The quantitative estimate of drug-likeness (QED) is 0.694. The highest BCUT2D eigenvalue weighted by molar-refractivity contribution is 5.42. The summed E-state index contributed by atoms with van der Waals surface area (Å²) in [5.41, 5.74) is 0. The van der Waals surface area contributed by atoms with Gasteiger partial charge in [-0.1, -0.05) is 33.1 Å². The van der Waals surface area contributed by atoms with Gasteiger partial charge >= 0.3 is 0 Å². The van der Waals surface area contributed by atoms with Gasteiger partial charge < -0.3 is 4.90 Å². The van der Waals surface area contributed by atoms with Crippen LogP contribution in [0.2, 0.25) is 0 Å². The van der Waals surface area contributed by atoms with Gasteiger partial charge in [-0.05, 0) is 51.6 Å². The van der Waals surface area contributed by atoms with Gasteiger partial charge in [-0.15, -0.1) is 0 Å². The lowest BCUT2D eigenvalue weighted by atomic mass is 9.90. The number of aliphatic imine (C=N–C) groups is 2. The van der Waals surface area contributed by atoms with Crippen molar-refractivity contribution >= 4 is 6.01 Å². The fourth-order valence-electron chi connectivity index (χ4n) is 3.70. The standard InChI is InChI=1S/C17H31N3/c1-3-20(4-2)17-12-10-16(11-13-17)19-14-18-15-8-6-5-7-9-15/h15-17H,3-13H2,1-2H3. The Labute approximate surface area is 124 Å². The smallest absolute Gasteiger partial charge is 0.0898 e. The molecular weight excluding hydrogens is 246 g/mol. The molecule has 0 aromatic carbocycles. The molecule has 0 N–H and O–H groups in total. The molecule has 2 aliphatic rings. The molecular formula is C17H31N3. The Bertz CT molecular complexity index is 315. The highest BCUT2D eigenvalue weighted by Gasteiger charge is 2.23.